The lowest BCUT2D eigenvalue weighted by Gasteiger charge is -2.15. The summed E-state index contributed by atoms with van der Waals surface area (Å²) in [5, 5.41) is 5.74. The zero-order valence-electron chi connectivity index (χ0n) is 15.0. The van der Waals surface area contributed by atoms with E-state index in [1.165, 1.54) is 0 Å². The molecule has 2 amide bonds. The molecule has 1 heterocycles. The van der Waals surface area contributed by atoms with Gasteiger partial charge in [0.25, 0.3) is 5.91 Å². The largest absolute Gasteiger partial charge is 0.340 e. The van der Waals surface area contributed by atoms with E-state index in [0.29, 0.717) is 17.7 Å². The summed E-state index contributed by atoms with van der Waals surface area (Å²) in [6.45, 7) is 1.92. The summed E-state index contributed by atoms with van der Waals surface area (Å²) in [6, 6.07) is 23.0. The first-order valence-electron chi connectivity index (χ1n) is 8.97. The average Bonchev–Trinajstić information content (AvgIpc) is 2.80. The Kier molecular flexibility index (Phi) is 4.47. The van der Waals surface area contributed by atoms with Crippen LogP contribution in [-0.2, 0) is 11.2 Å². The number of nitrogens with one attached hydrogen (secondary N) is 2. The molecule has 0 spiro atoms. The molecule has 0 aliphatic carbocycles. The molecule has 0 saturated carbocycles. The van der Waals surface area contributed by atoms with Gasteiger partial charge >= 0.3 is 0 Å². The summed E-state index contributed by atoms with van der Waals surface area (Å²) in [5.74, 6) is -0.424. The van der Waals surface area contributed by atoms with Crippen LogP contribution >= 0.6 is 0 Å². The lowest BCUT2D eigenvalue weighted by molar-refractivity contribution is -0.117. The maximum atomic E-state index is 12.6. The normalized spacial score (nSPS) is 16.1. The highest BCUT2D eigenvalue weighted by atomic mass is 16.2. The standard InChI is InChI=1S/C23H20N2O2/c1-15-10-11-20-19(12-15)22(26)25-21(23(27)24-20)14-16-6-5-9-18(13-16)17-7-3-2-4-8-17/h2-13,21H,14H2,1H3,(H,24,27)(H,25,26). The van der Waals surface area contributed by atoms with E-state index in [2.05, 4.69) is 28.8 Å². The minimum atomic E-state index is -0.615. The van der Waals surface area contributed by atoms with Gasteiger partial charge in [0.1, 0.15) is 6.04 Å². The number of carbonyl (C=O) groups excluding carboxylic acids is 2. The number of hydrogen-bond acceptors (Lipinski definition) is 2. The van der Waals surface area contributed by atoms with Crippen LogP contribution in [0.25, 0.3) is 11.1 Å². The predicted molar refractivity (Wildman–Crippen MR) is 107 cm³/mol. The third-order valence-electron chi connectivity index (χ3n) is 4.77. The fourth-order valence-corrected chi connectivity index (χ4v) is 3.36. The topological polar surface area (TPSA) is 58.2 Å². The van der Waals surface area contributed by atoms with Gasteiger partial charge in [-0.05, 0) is 35.7 Å². The molecular formula is C23H20N2O2. The van der Waals surface area contributed by atoms with E-state index in [-0.39, 0.29) is 11.8 Å². The Morgan fingerprint density at radius 2 is 1.63 bits per heavy atom. The van der Waals surface area contributed by atoms with Gasteiger partial charge in [-0.2, -0.15) is 0 Å². The van der Waals surface area contributed by atoms with Crippen LogP contribution in [0.4, 0.5) is 5.69 Å². The fraction of sp³-hybridized carbons (Fsp3) is 0.130. The number of rotatable bonds is 3. The molecule has 1 aliphatic rings. The van der Waals surface area contributed by atoms with Crippen molar-refractivity contribution in [1.82, 2.24) is 5.32 Å². The highest BCUT2D eigenvalue weighted by molar-refractivity contribution is 6.10. The second-order valence-corrected chi connectivity index (χ2v) is 6.83. The van der Waals surface area contributed by atoms with E-state index in [1.807, 2.05) is 49.4 Å². The van der Waals surface area contributed by atoms with Crippen LogP contribution in [0.2, 0.25) is 0 Å². The second kappa shape index (κ2) is 7.08. The van der Waals surface area contributed by atoms with Gasteiger partial charge in [-0.15, -0.1) is 0 Å². The van der Waals surface area contributed by atoms with Crippen LogP contribution in [-0.4, -0.2) is 17.9 Å². The zero-order chi connectivity index (χ0) is 18.8. The Balaban J connectivity index is 1.58. The number of benzene rings is 3. The maximum Gasteiger partial charge on any atom is 0.254 e. The molecule has 4 nitrogen and oxygen atoms in total. The number of aryl methyl sites for hydroxylation is 1. The summed E-state index contributed by atoms with van der Waals surface area (Å²) in [6.07, 6.45) is 0.436. The van der Waals surface area contributed by atoms with Gasteiger partial charge < -0.3 is 10.6 Å². The Morgan fingerprint density at radius 3 is 2.44 bits per heavy atom. The van der Waals surface area contributed by atoms with E-state index in [1.54, 1.807) is 12.1 Å². The number of anilines is 1. The minimum Gasteiger partial charge on any atom is -0.340 e. The molecule has 0 radical (unpaired) electrons. The Morgan fingerprint density at radius 1 is 0.852 bits per heavy atom. The smallest absolute Gasteiger partial charge is 0.254 e. The van der Waals surface area contributed by atoms with Crippen LogP contribution in [0.1, 0.15) is 21.5 Å². The van der Waals surface area contributed by atoms with Gasteiger partial charge in [0.15, 0.2) is 0 Å². The molecule has 2 N–H and O–H groups in total. The SMILES string of the molecule is Cc1ccc2c(c1)C(=O)NC(Cc1cccc(-c3ccccc3)c1)C(=O)N2. The number of amides is 2. The maximum absolute atomic E-state index is 12.6. The molecule has 27 heavy (non-hydrogen) atoms. The van der Waals surface area contributed by atoms with Crippen molar-refractivity contribution in [3.05, 3.63) is 89.5 Å². The zero-order valence-corrected chi connectivity index (χ0v) is 15.0. The third kappa shape index (κ3) is 3.60. The molecule has 0 bridgehead atoms. The highest BCUT2D eigenvalue weighted by Crippen LogP contribution is 2.23. The monoisotopic (exact) mass is 356 g/mol. The number of carbonyl (C=O) groups is 2. The minimum absolute atomic E-state index is 0.198. The molecule has 0 fully saturated rings. The van der Waals surface area contributed by atoms with Crippen molar-refractivity contribution in [3.8, 4) is 11.1 Å². The molecule has 1 atom stereocenters. The Hall–Kier alpha value is -3.40. The summed E-state index contributed by atoms with van der Waals surface area (Å²) in [7, 11) is 0. The molecule has 3 aromatic rings. The predicted octanol–water partition coefficient (Wildman–Crippen LogP) is 3.96. The van der Waals surface area contributed by atoms with Gasteiger partial charge in [0.2, 0.25) is 5.91 Å². The van der Waals surface area contributed by atoms with Gasteiger partial charge in [-0.3, -0.25) is 9.59 Å². The second-order valence-electron chi connectivity index (χ2n) is 6.83. The van der Waals surface area contributed by atoms with Gasteiger partial charge in [0.05, 0.1) is 11.3 Å². The Labute approximate surface area is 158 Å². The lowest BCUT2D eigenvalue weighted by Crippen LogP contribution is -2.42. The fourth-order valence-electron chi connectivity index (χ4n) is 3.36. The lowest BCUT2D eigenvalue weighted by atomic mass is 9.99. The van der Waals surface area contributed by atoms with Crippen molar-refractivity contribution in [2.24, 2.45) is 0 Å². The van der Waals surface area contributed by atoms with Crippen molar-refractivity contribution in [3.63, 3.8) is 0 Å². The number of hydrogen-bond donors (Lipinski definition) is 2. The van der Waals surface area contributed by atoms with Crippen LogP contribution in [0.5, 0.6) is 0 Å². The summed E-state index contributed by atoms with van der Waals surface area (Å²) < 4.78 is 0. The quantitative estimate of drug-likeness (QED) is 0.746. The Bertz CT molecular complexity index is 1010. The van der Waals surface area contributed by atoms with Gasteiger partial charge in [-0.1, -0.05) is 66.2 Å². The summed E-state index contributed by atoms with van der Waals surface area (Å²) in [5.41, 5.74) is 5.25. The molecule has 4 heteroatoms. The van der Waals surface area contributed by atoms with Gasteiger partial charge in [0, 0.05) is 6.42 Å². The molecule has 1 aliphatic heterocycles. The highest BCUT2D eigenvalue weighted by Gasteiger charge is 2.28. The molecule has 3 aromatic carbocycles. The van der Waals surface area contributed by atoms with Crippen LogP contribution < -0.4 is 10.6 Å². The molecular weight excluding hydrogens is 336 g/mol. The molecule has 0 aromatic heterocycles. The molecule has 1 unspecified atom stereocenters. The third-order valence-corrected chi connectivity index (χ3v) is 4.77. The van der Waals surface area contributed by atoms with Crippen LogP contribution in [0.15, 0.2) is 72.8 Å². The average molecular weight is 356 g/mol. The van der Waals surface area contributed by atoms with Crippen molar-refractivity contribution < 1.29 is 9.59 Å². The van der Waals surface area contributed by atoms with Crippen LogP contribution in [0, 0.1) is 6.92 Å². The van der Waals surface area contributed by atoms with Crippen molar-refractivity contribution in [2.45, 2.75) is 19.4 Å². The molecule has 134 valence electrons. The summed E-state index contributed by atoms with van der Waals surface area (Å²) in [4.78, 5) is 25.2. The van der Waals surface area contributed by atoms with E-state index in [0.717, 1.165) is 22.3 Å². The first-order valence-corrected chi connectivity index (χ1v) is 8.97. The first-order chi connectivity index (χ1) is 13.1. The van der Waals surface area contributed by atoms with E-state index < -0.39 is 6.04 Å². The van der Waals surface area contributed by atoms with Crippen molar-refractivity contribution in [1.29, 1.82) is 0 Å². The van der Waals surface area contributed by atoms with Gasteiger partial charge in [-0.25, -0.2) is 0 Å². The first kappa shape index (κ1) is 17.0. The molecule has 4 rings (SSSR count). The molecule has 0 saturated heterocycles. The van der Waals surface area contributed by atoms with E-state index >= 15 is 0 Å². The van der Waals surface area contributed by atoms with Crippen molar-refractivity contribution in [2.75, 3.05) is 5.32 Å². The van der Waals surface area contributed by atoms with Crippen LogP contribution in [0.3, 0.4) is 0 Å². The number of fused-ring (bicyclic) bond motifs is 1. The van der Waals surface area contributed by atoms with Crippen molar-refractivity contribution >= 4 is 17.5 Å². The van der Waals surface area contributed by atoms with E-state index in [4.69, 9.17) is 0 Å². The summed E-state index contributed by atoms with van der Waals surface area (Å²) >= 11 is 0. The van der Waals surface area contributed by atoms with E-state index in [9.17, 15) is 9.59 Å².